The van der Waals surface area contributed by atoms with Gasteiger partial charge in [0.2, 0.25) is 0 Å². The molecule has 1 heterocycles. The lowest BCUT2D eigenvalue weighted by Gasteiger charge is -2.38. The van der Waals surface area contributed by atoms with Crippen molar-refractivity contribution in [3.05, 3.63) is 74.7 Å². The first-order valence-electron chi connectivity index (χ1n) is 7.80. The van der Waals surface area contributed by atoms with Gasteiger partial charge in [0.25, 0.3) is 0 Å². The van der Waals surface area contributed by atoms with Gasteiger partial charge in [-0.3, -0.25) is 0 Å². The second-order valence-corrected chi connectivity index (χ2v) is 7.49. The SMILES string of the molecule is O=C(O)c1cc(Br)c2c(c1)[C@@H]1C=CC[C@@H]1[C@@H](c1ccccc1Cl)N2. The minimum absolute atomic E-state index is 0.0955. The maximum absolute atomic E-state index is 11.4. The monoisotopic (exact) mass is 403 g/mol. The summed E-state index contributed by atoms with van der Waals surface area (Å²) in [4.78, 5) is 11.4. The molecule has 0 bridgehead atoms. The number of hydrogen-bond acceptors (Lipinski definition) is 2. The van der Waals surface area contributed by atoms with Crippen LogP contribution in [0.2, 0.25) is 5.02 Å². The third-order valence-electron chi connectivity index (χ3n) is 4.91. The molecule has 2 aromatic carbocycles. The molecule has 0 fully saturated rings. The minimum atomic E-state index is -0.912. The third-order valence-corrected chi connectivity index (χ3v) is 5.88. The predicted octanol–water partition coefficient (Wildman–Crippen LogP) is 5.63. The van der Waals surface area contributed by atoms with Gasteiger partial charge in [0.15, 0.2) is 0 Å². The summed E-state index contributed by atoms with van der Waals surface area (Å²) in [5.41, 5.74) is 3.37. The molecule has 3 atom stereocenters. The minimum Gasteiger partial charge on any atom is -0.478 e. The molecule has 2 N–H and O–H groups in total. The van der Waals surface area contributed by atoms with E-state index in [1.807, 2.05) is 18.2 Å². The molecule has 122 valence electrons. The zero-order chi connectivity index (χ0) is 16.8. The summed E-state index contributed by atoms with van der Waals surface area (Å²) < 4.78 is 0.771. The number of carboxylic acid groups (broad SMARTS) is 1. The van der Waals surface area contributed by atoms with Crippen molar-refractivity contribution in [3.8, 4) is 0 Å². The molecular formula is C19H15BrClNO2. The highest BCUT2D eigenvalue weighted by Gasteiger charge is 2.39. The molecule has 3 nitrogen and oxygen atoms in total. The molecule has 2 aliphatic rings. The fourth-order valence-electron chi connectivity index (χ4n) is 3.81. The Bertz CT molecular complexity index is 864. The van der Waals surface area contributed by atoms with Crippen LogP contribution in [-0.4, -0.2) is 11.1 Å². The maximum Gasteiger partial charge on any atom is 0.335 e. The summed E-state index contributed by atoms with van der Waals surface area (Å²) in [5.74, 6) is -0.392. The highest BCUT2D eigenvalue weighted by atomic mass is 79.9. The molecule has 24 heavy (non-hydrogen) atoms. The van der Waals surface area contributed by atoms with E-state index in [0.717, 1.165) is 32.7 Å². The predicted molar refractivity (Wildman–Crippen MR) is 98.9 cm³/mol. The number of anilines is 1. The van der Waals surface area contributed by atoms with Gasteiger partial charge in [0.05, 0.1) is 17.3 Å². The highest BCUT2D eigenvalue weighted by molar-refractivity contribution is 9.10. The van der Waals surface area contributed by atoms with Gasteiger partial charge >= 0.3 is 5.97 Å². The Balaban J connectivity index is 1.85. The second-order valence-electron chi connectivity index (χ2n) is 6.22. The standard InChI is InChI=1S/C19H15BrClNO2/c20-15-9-10(19(23)24)8-14-11-5-3-6-12(11)17(22-18(14)15)13-4-1-2-7-16(13)21/h1-5,7-9,11-12,17,22H,6H2,(H,23,24)/t11-,12+,17+/m1/s1. The highest BCUT2D eigenvalue weighted by Crippen LogP contribution is 2.52. The third kappa shape index (κ3) is 2.45. The van der Waals surface area contributed by atoms with E-state index in [1.54, 1.807) is 12.1 Å². The van der Waals surface area contributed by atoms with Gasteiger partial charge < -0.3 is 10.4 Å². The van der Waals surface area contributed by atoms with Crippen molar-refractivity contribution in [1.29, 1.82) is 0 Å². The van der Waals surface area contributed by atoms with Crippen molar-refractivity contribution < 1.29 is 9.90 Å². The van der Waals surface area contributed by atoms with Crippen molar-refractivity contribution in [3.63, 3.8) is 0 Å². The molecule has 0 aromatic heterocycles. The van der Waals surface area contributed by atoms with Gasteiger partial charge in [-0.1, -0.05) is 42.0 Å². The summed E-state index contributed by atoms with van der Waals surface area (Å²) in [6, 6.07) is 11.4. The van der Waals surface area contributed by atoms with Gasteiger partial charge in [-0.05, 0) is 57.6 Å². The number of hydrogen-bond donors (Lipinski definition) is 2. The summed E-state index contributed by atoms with van der Waals surface area (Å²) >= 11 is 9.97. The van der Waals surface area contributed by atoms with Gasteiger partial charge in [0.1, 0.15) is 0 Å². The maximum atomic E-state index is 11.4. The molecule has 1 aliphatic heterocycles. The number of aromatic carboxylic acids is 1. The van der Waals surface area contributed by atoms with Gasteiger partial charge in [-0.15, -0.1) is 0 Å². The number of nitrogens with one attached hydrogen (secondary N) is 1. The Morgan fingerprint density at radius 3 is 2.79 bits per heavy atom. The quantitative estimate of drug-likeness (QED) is 0.638. The zero-order valence-corrected chi connectivity index (χ0v) is 15.0. The average Bonchev–Trinajstić information content (AvgIpc) is 3.05. The summed E-state index contributed by atoms with van der Waals surface area (Å²) in [6.07, 6.45) is 5.31. The van der Waals surface area contributed by atoms with Gasteiger partial charge in [-0.25, -0.2) is 4.79 Å². The van der Waals surface area contributed by atoms with E-state index in [-0.39, 0.29) is 12.0 Å². The molecular weight excluding hydrogens is 390 g/mol. The first-order chi connectivity index (χ1) is 11.6. The molecule has 5 heteroatoms. The van der Waals surface area contributed by atoms with Crippen LogP contribution in [0, 0.1) is 5.92 Å². The van der Waals surface area contributed by atoms with E-state index in [2.05, 4.69) is 39.5 Å². The van der Waals surface area contributed by atoms with Crippen LogP contribution >= 0.6 is 27.5 Å². The van der Waals surface area contributed by atoms with Gasteiger partial charge in [-0.2, -0.15) is 0 Å². The smallest absolute Gasteiger partial charge is 0.335 e. The van der Waals surface area contributed by atoms with Crippen molar-refractivity contribution in [1.82, 2.24) is 0 Å². The number of carbonyl (C=O) groups is 1. The van der Waals surface area contributed by atoms with E-state index < -0.39 is 5.97 Å². The molecule has 0 saturated carbocycles. The lowest BCUT2D eigenvalue weighted by molar-refractivity contribution is 0.0696. The number of fused-ring (bicyclic) bond motifs is 3. The van der Waals surface area contributed by atoms with Crippen LogP contribution in [0.1, 0.15) is 39.9 Å². The Hall–Kier alpha value is -1.78. The van der Waals surface area contributed by atoms with Crippen LogP contribution in [0.4, 0.5) is 5.69 Å². The Morgan fingerprint density at radius 1 is 1.25 bits per heavy atom. The van der Waals surface area contributed by atoms with Crippen LogP contribution < -0.4 is 5.32 Å². The molecule has 0 unspecified atom stereocenters. The van der Waals surface area contributed by atoms with Crippen LogP contribution in [0.3, 0.4) is 0 Å². The molecule has 0 amide bonds. The van der Waals surface area contributed by atoms with Crippen molar-refractivity contribution >= 4 is 39.2 Å². The molecule has 0 radical (unpaired) electrons. The molecule has 0 saturated heterocycles. The van der Waals surface area contributed by atoms with Crippen LogP contribution in [0.25, 0.3) is 0 Å². The Labute approximate surface area is 153 Å². The topological polar surface area (TPSA) is 49.3 Å². The number of carboxylic acids is 1. The Morgan fingerprint density at radius 2 is 2.04 bits per heavy atom. The Kier molecular flexibility index (Phi) is 3.89. The van der Waals surface area contributed by atoms with E-state index >= 15 is 0 Å². The fourth-order valence-corrected chi connectivity index (χ4v) is 4.66. The number of halogens is 2. The number of rotatable bonds is 2. The van der Waals surface area contributed by atoms with E-state index in [1.165, 1.54) is 0 Å². The molecule has 1 aliphatic carbocycles. The first kappa shape index (κ1) is 15.7. The number of benzene rings is 2. The summed E-state index contributed by atoms with van der Waals surface area (Å²) in [5, 5.41) is 13.7. The van der Waals surface area contributed by atoms with Crippen molar-refractivity contribution in [2.24, 2.45) is 5.92 Å². The lowest BCUT2D eigenvalue weighted by atomic mass is 9.76. The van der Waals surface area contributed by atoms with Crippen LogP contribution in [0.5, 0.6) is 0 Å². The summed E-state index contributed by atoms with van der Waals surface area (Å²) in [7, 11) is 0. The van der Waals surface area contributed by atoms with Crippen LogP contribution in [0.15, 0.2) is 53.0 Å². The lowest BCUT2D eigenvalue weighted by Crippen LogP contribution is -2.29. The van der Waals surface area contributed by atoms with E-state index in [4.69, 9.17) is 11.6 Å². The largest absolute Gasteiger partial charge is 0.478 e. The molecule has 0 spiro atoms. The average molecular weight is 405 g/mol. The van der Waals surface area contributed by atoms with Crippen molar-refractivity contribution in [2.75, 3.05) is 5.32 Å². The zero-order valence-electron chi connectivity index (χ0n) is 12.7. The first-order valence-corrected chi connectivity index (χ1v) is 8.97. The molecule has 4 rings (SSSR count). The van der Waals surface area contributed by atoms with Crippen molar-refractivity contribution in [2.45, 2.75) is 18.4 Å². The molecule has 2 aromatic rings. The van der Waals surface area contributed by atoms with Gasteiger partial charge in [0, 0.05) is 15.4 Å². The van der Waals surface area contributed by atoms with E-state index in [9.17, 15) is 9.90 Å². The normalized spacial score (nSPS) is 24.2. The summed E-state index contributed by atoms with van der Waals surface area (Å²) in [6.45, 7) is 0. The van der Waals surface area contributed by atoms with E-state index in [0.29, 0.717) is 11.5 Å². The van der Waals surface area contributed by atoms with Crippen LogP contribution in [-0.2, 0) is 0 Å². The second kappa shape index (κ2) is 5.94. The number of allylic oxidation sites excluding steroid dienone is 2. The fraction of sp³-hybridized carbons (Fsp3) is 0.211.